The van der Waals surface area contributed by atoms with Gasteiger partial charge in [0, 0.05) is 18.0 Å². The van der Waals surface area contributed by atoms with Crippen molar-refractivity contribution in [1.29, 1.82) is 0 Å². The molecule has 4 rings (SSSR count). The summed E-state index contributed by atoms with van der Waals surface area (Å²) < 4.78 is 19.7. The van der Waals surface area contributed by atoms with E-state index in [1.165, 1.54) is 6.07 Å². The Bertz CT molecular complexity index is 848. The number of Topliss-reactive ketones (excluding diaryl/α,β-unsaturated/α-hetero) is 1. The average Bonchev–Trinajstić information content (AvgIpc) is 2.96. The fraction of sp³-hybridized carbons (Fsp3) is 0.391. The third kappa shape index (κ3) is 3.53. The zero-order valence-electron chi connectivity index (χ0n) is 15.9. The van der Waals surface area contributed by atoms with Gasteiger partial charge in [-0.15, -0.1) is 0 Å². The maximum Gasteiger partial charge on any atom is 0.410 e. The lowest BCUT2D eigenvalue weighted by atomic mass is 9.83. The molecule has 0 aliphatic carbocycles. The molecular weight excluding hydrogens is 357 g/mol. The number of halogens is 1. The van der Waals surface area contributed by atoms with Gasteiger partial charge in [0.2, 0.25) is 0 Å². The van der Waals surface area contributed by atoms with Gasteiger partial charge in [0.15, 0.2) is 5.78 Å². The Morgan fingerprint density at radius 3 is 2.36 bits per heavy atom. The molecule has 2 saturated heterocycles. The molecule has 2 aromatic carbocycles. The number of carbonyl (C=O) groups excluding carboxylic acids is 2. The number of amides is 1. The van der Waals surface area contributed by atoms with Crippen LogP contribution in [0.4, 0.5) is 9.18 Å². The van der Waals surface area contributed by atoms with E-state index in [4.69, 9.17) is 4.74 Å². The van der Waals surface area contributed by atoms with Gasteiger partial charge in [-0.25, -0.2) is 9.18 Å². The van der Waals surface area contributed by atoms with Crippen LogP contribution in [0.15, 0.2) is 48.5 Å². The lowest BCUT2D eigenvalue weighted by Crippen LogP contribution is -2.48. The largest absolute Gasteiger partial charge is 0.445 e. The van der Waals surface area contributed by atoms with E-state index < -0.39 is 5.82 Å². The lowest BCUT2D eigenvalue weighted by molar-refractivity contribution is 0.0483. The number of ketones is 1. The maximum atomic E-state index is 14.2. The summed E-state index contributed by atoms with van der Waals surface area (Å²) in [6.07, 6.45) is 2.56. The van der Waals surface area contributed by atoms with Crippen molar-refractivity contribution in [2.45, 2.75) is 51.3 Å². The van der Waals surface area contributed by atoms with E-state index in [0.717, 1.165) is 18.4 Å². The van der Waals surface area contributed by atoms with E-state index in [1.54, 1.807) is 24.0 Å². The molecule has 5 heteroatoms. The average molecular weight is 381 g/mol. The van der Waals surface area contributed by atoms with Crippen molar-refractivity contribution in [1.82, 2.24) is 4.90 Å². The van der Waals surface area contributed by atoms with Gasteiger partial charge in [0.25, 0.3) is 0 Å². The number of aryl methyl sites for hydroxylation is 1. The molecule has 2 unspecified atom stereocenters. The molecule has 0 saturated carbocycles. The molecule has 0 spiro atoms. The summed E-state index contributed by atoms with van der Waals surface area (Å²) in [5.74, 6) is -0.835. The molecule has 2 aromatic rings. The van der Waals surface area contributed by atoms with E-state index in [0.29, 0.717) is 18.4 Å². The molecule has 0 radical (unpaired) electrons. The van der Waals surface area contributed by atoms with Gasteiger partial charge in [-0.3, -0.25) is 4.79 Å². The molecule has 2 heterocycles. The molecule has 1 amide bonds. The third-order valence-corrected chi connectivity index (χ3v) is 5.99. The summed E-state index contributed by atoms with van der Waals surface area (Å²) in [4.78, 5) is 27.4. The number of piperidine rings is 1. The number of ether oxygens (including phenoxy) is 1. The number of nitrogens with zero attached hydrogens (tertiary/aromatic N) is 1. The molecule has 146 valence electrons. The molecule has 28 heavy (non-hydrogen) atoms. The van der Waals surface area contributed by atoms with E-state index in [1.807, 2.05) is 30.3 Å². The first-order valence-electron chi connectivity index (χ1n) is 9.83. The zero-order chi connectivity index (χ0) is 19.7. The number of fused-ring (bicyclic) bond motifs is 2. The van der Waals surface area contributed by atoms with E-state index in [-0.39, 0.29) is 42.0 Å². The normalized spacial score (nSPS) is 23.5. The van der Waals surface area contributed by atoms with Crippen molar-refractivity contribution in [2.24, 2.45) is 5.92 Å². The molecule has 2 fully saturated rings. The molecule has 0 N–H and O–H groups in total. The molecule has 4 nitrogen and oxygen atoms in total. The minimum atomic E-state index is -0.456. The highest BCUT2D eigenvalue weighted by Gasteiger charge is 2.46. The topological polar surface area (TPSA) is 46.6 Å². The highest BCUT2D eigenvalue weighted by Crippen LogP contribution is 2.40. The summed E-state index contributed by atoms with van der Waals surface area (Å²) in [6, 6.07) is 14.3. The fourth-order valence-electron chi connectivity index (χ4n) is 4.63. The Balaban J connectivity index is 1.43. The van der Waals surface area contributed by atoms with Crippen LogP contribution in [0.5, 0.6) is 0 Å². The van der Waals surface area contributed by atoms with Gasteiger partial charge in [0.05, 0.1) is 5.56 Å². The summed E-state index contributed by atoms with van der Waals surface area (Å²) in [5.41, 5.74) is 1.82. The maximum absolute atomic E-state index is 14.2. The van der Waals surface area contributed by atoms with Crippen molar-refractivity contribution in [3.8, 4) is 0 Å². The van der Waals surface area contributed by atoms with Crippen LogP contribution in [-0.4, -0.2) is 28.9 Å². The summed E-state index contributed by atoms with van der Waals surface area (Å²) in [6.45, 7) is 2.01. The van der Waals surface area contributed by atoms with Crippen LogP contribution in [0, 0.1) is 18.7 Å². The standard InChI is InChI=1S/C23H24FNO3/c1-15-6-5-9-20(24)21(15)22(26)17-12-18-10-11-19(13-17)25(18)23(27)28-14-16-7-3-2-4-8-16/h2-9,17-19H,10-14H2,1H3. The third-order valence-electron chi connectivity index (χ3n) is 5.99. The van der Waals surface area contributed by atoms with Crippen LogP contribution < -0.4 is 0 Å². The fourth-order valence-corrected chi connectivity index (χ4v) is 4.63. The van der Waals surface area contributed by atoms with Crippen molar-refractivity contribution >= 4 is 11.9 Å². The smallest absolute Gasteiger partial charge is 0.410 e. The van der Waals surface area contributed by atoms with Crippen molar-refractivity contribution < 1.29 is 18.7 Å². The Morgan fingerprint density at radius 2 is 1.71 bits per heavy atom. The van der Waals surface area contributed by atoms with Crippen LogP contribution in [0.2, 0.25) is 0 Å². The highest BCUT2D eigenvalue weighted by atomic mass is 19.1. The van der Waals surface area contributed by atoms with Crippen LogP contribution in [0.3, 0.4) is 0 Å². The minimum Gasteiger partial charge on any atom is -0.445 e. The Morgan fingerprint density at radius 1 is 1.04 bits per heavy atom. The van der Waals surface area contributed by atoms with Crippen molar-refractivity contribution in [3.63, 3.8) is 0 Å². The monoisotopic (exact) mass is 381 g/mol. The lowest BCUT2D eigenvalue weighted by Gasteiger charge is -2.37. The number of hydrogen-bond donors (Lipinski definition) is 0. The highest BCUT2D eigenvalue weighted by molar-refractivity contribution is 5.99. The van der Waals surface area contributed by atoms with Crippen LogP contribution in [-0.2, 0) is 11.3 Å². The molecular formula is C23H24FNO3. The van der Waals surface area contributed by atoms with Gasteiger partial charge in [-0.1, -0.05) is 42.5 Å². The minimum absolute atomic E-state index is 0.0111. The van der Waals surface area contributed by atoms with Crippen LogP contribution in [0.25, 0.3) is 0 Å². The SMILES string of the molecule is Cc1cccc(F)c1C(=O)C1CC2CCC(C1)N2C(=O)OCc1ccccc1. The number of carbonyl (C=O) groups is 2. The Kier molecular flexibility index (Phi) is 5.16. The molecule has 2 aliphatic heterocycles. The first kappa shape index (κ1) is 18.7. The van der Waals surface area contributed by atoms with Crippen molar-refractivity contribution in [3.05, 3.63) is 71.0 Å². The van der Waals surface area contributed by atoms with Gasteiger partial charge in [-0.2, -0.15) is 0 Å². The van der Waals surface area contributed by atoms with Crippen LogP contribution >= 0.6 is 0 Å². The first-order valence-corrected chi connectivity index (χ1v) is 9.83. The van der Waals surface area contributed by atoms with Crippen LogP contribution in [0.1, 0.15) is 47.2 Å². The Labute approximate surface area is 164 Å². The summed E-state index contributed by atoms with van der Waals surface area (Å²) in [7, 11) is 0. The quantitative estimate of drug-likeness (QED) is 0.708. The van der Waals surface area contributed by atoms with E-state index >= 15 is 0 Å². The molecule has 2 bridgehead atoms. The van der Waals surface area contributed by atoms with Gasteiger partial charge in [-0.05, 0) is 49.8 Å². The summed E-state index contributed by atoms with van der Waals surface area (Å²) >= 11 is 0. The molecule has 0 aromatic heterocycles. The predicted octanol–water partition coefficient (Wildman–Crippen LogP) is 4.90. The number of rotatable bonds is 4. The van der Waals surface area contributed by atoms with E-state index in [2.05, 4.69) is 0 Å². The second-order valence-corrected chi connectivity index (χ2v) is 7.80. The Hall–Kier alpha value is -2.69. The summed E-state index contributed by atoms with van der Waals surface area (Å²) in [5, 5.41) is 0. The number of benzene rings is 2. The van der Waals surface area contributed by atoms with Gasteiger partial charge >= 0.3 is 6.09 Å². The van der Waals surface area contributed by atoms with E-state index in [9.17, 15) is 14.0 Å². The predicted molar refractivity (Wildman–Crippen MR) is 103 cm³/mol. The zero-order valence-corrected chi connectivity index (χ0v) is 15.9. The molecule has 2 atom stereocenters. The van der Waals surface area contributed by atoms with Gasteiger partial charge < -0.3 is 9.64 Å². The number of hydrogen-bond acceptors (Lipinski definition) is 3. The first-order chi connectivity index (χ1) is 13.5. The van der Waals surface area contributed by atoms with Crippen molar-refractivity contribution in [2.75, 3.05) is 0 Å². The molecule has 2 aliphatic rings. The second kappa shape index (κ2) is 7.74. The van der Waals surface area contributed by atoms with Gasteiger partial charge in [0.1, 0.15) is 12.4 Å². The second-order valence-electron chi connectivity index (χ2n) is 7.80.